The molecular weight excluding hydrogens is 352 g/mol. The molecule has 0 aliphatic carbocycles. The number of carbonyl (C=O) groups is 1. The summed E-state index contributed by atoms with van der Waals surface area (Å²) in [6.45, 7) is 6.45. The number of anilines is 2. The standard InChI is InChI=1S/C21H28N6O/c1-2-17-7-4-6-10-27(17)21(28)18-15-20(24-16-23-18)26-13-11-25(12-14-26)19-8-3-5-9-22-19/h3,5,8-9,15-17H,2,4,6-7,10-14H2,1H3. The van der Waals surface area contributed by atoms with Gasteiger partial charge in [0.25, 0.3) is 5.91 Å². The lowest BCUT2D eigenvalue weighted by molar-refractivity contribution is 0.0602. The second-order valence-electron chi connectivity index (χ2n) is 7.48. The van der Waals surface area contributed by atoms with Gasteiger partial charge in [0.2, 0.25) is 0 Å². The lowest BCUT2D eigenvalue weighted by Gasteiger charge is -2.36. The molecule has 2 saturated heterocycles. The lowest BCUT2D eigenvalue weighted by Crippen LogP contribution is -2.47. The van der Waals surface area contributed by atoms with Gasteiger partial charge in [0.1, 0.15) is 23.7 Å². The molecule has 2 fully saturated rings. The SMILES string of the molecule is CCC1CCCCN1C(=O)c1cc(N2CCN(c3ccccn3)CC2)ncn1. The van der Waals surface area contributed by atoms with E-state index in [-0.39, 0.29) is 5.91 Å². The first kappa shape index (κ1) is 18.7. The molecule has 0 spiro atoms. The zero-order valence-electron chi connectivity index (χ0n) is 16.5. The maximum atomic E-state index is 13.0. The van der Waals surface area contributed by atoms with Crippen molar-refractivity contribution < 1.29 is 4.79 Å². The van der Waals surface area contributed by atoms with Crippen LogP contribution in [0.15, 0.2) is 36.8 Å². The summed E-state index contributed by atoms with van der Waals surface area (Å²) in [5.74, 6) is 1.89. The first-order valence-electron chi connectivity index (χ1n) is 10.3. The van der Waals surface area contributed by atoms with E-state index in [1.807, 2.05) is 35.4 Å². The van der Waals surface area contributed by atoms with Gasteiger partial charge in [-0.15, -0.1) is 0 Å². The Labute approximate surface area is 166 Å². The maximum Gasteiger partial charge on any atom is 0.272 e. The molecule has 0 bridgehead atoms. The van der Waals surface area contributed by atoms with Crippen molar-refractivity contribution in [1.82, 2.24) is 19.9 Å². The van der Waals surface area contributed by atoms with Crippen LogP contribution >= 0.6 is 0 Å². The molecule has 1 amide bonds. The van der Waals surface area contributed by atoms with Crippen LogP contribution < -0.4 is 9.80 Å². The average molecular weight is 380 g/mol. The van der Waals surface area contributed by atoms with Crippen LogP contribution in [0.3, 0.4) is 0 Å². The molecule has 4 heterocycles. The van der Waals surface area contributed by atoms with Gasteiger partial charge in [0.05, 0.1) is 0 Å². The zero-order valence-corrected chi connectivity index (χ0v) is 16.5. The number of hydrogen-bond acceptors (Lipinski definition) is 6. The van der Waals surface area contributed by atoms with Crippen LogP contribution in [0, 0.1) is 0 Å². The van der Waals surface area contributed by atoms with Crippen LogP contribution in [0.1, 0.15) is 43.1 Å². The summed E-state index contributed by atoms with van der Waals surface area (Å²) in [6.07, 6.45) is 7.73. The van der Waals surface area contributed by atoms with Gasteiger partial charge in [-0.1, -0.05) is 13.0 Å². The van der Waals surface area contributed by atoms with E-state index < -0.39 is 0 Å². The first-order chi connectivity index (χ1) is 13.8. The van der Waals surface area contributed by atoms with E-state index in [0.29, 0.717) is 11.7 Å². The molecule has 4 rings (SSSR count). The Morgan fingerprint density at radius 1 is 1.00 bits per heavy atom. The molecular formula is C21H28N6O. The number of hydrogen-bond donors (Lipinski definition) is 0. The fourth-order valence-corrected chi connectivity index (χ4v) is 4.18. The number of amides is 1. The van der Waals surface area contributed by atoms with Crippen LogP contribution in [-0.2, 0) is 0 Å². The van der Waals surface area contributed by atoms with Crippen LogP contribution in [0.4, 0.5) is 11.6 Å². The molecule has 1 unspecified atom stereocenters. The fourth-order valence-electron chi connectivity index (χ4n) is 4.18. The minimum atomic E-state index is 0.0438. The van der Waals surface area contributed by atoms with Gasteiger partial charge in [-0.05, 0) is 37.8 Å². The van der Waals surface area contributed by atoms with E-state index in [9.17, 15) is 4.79 Å². The van der Waals surface area contributed by atoms with E-state index in [1.54, 1.807) is 0 Å². The van der Waals surface area contributed by atoms with Crippen LogP contribution in [0.5, 0.6) is 0 Å². The van der Waals surface area contributed by atoms with E-state index in [2.05, 4.69) is 31.7 Å². The van der Waals surface area contributed by atoms with Crippen molar-refractivity contribution in [3.05, 3.63) is 42.5 Å². The second kappa shape index (κ2) is 8.54. The molecule has 7 nitrogen and oxygen atoms in total. The number of nitrogens with zero attached hydrogens (tertiary/aromatic N) is 6. The monoisotopic (exact) mass is 380 g/mol. The summed E-state index contributed by atoms with van der Waals surface area (Å²) in [6, 6.07) is 8.19. The maximum absolute atomic E-state index is 13.0. The minimum absolute atomic E-state index is 0.0438. The second-order valence-corrected chi connectivity index (χ2v) is 7.48. The molecule has 0 radical (unpaired) electrons. The number of carbonyl (C=O) groups excluding carboxylic acids is 1. The highest BCUT2D eigenvalue weighted by atomic mass is 16.2. The normalized spacial score (nSPS) is 20.3. The molecule has 0 saturated carbocycles. The molecule has 7 heteroatoms. The fraction of sp³-hybridized carbons (Fsp3) is 0.524. The van der Waals surface area contributed by atoms with E-state index in [0.717, 1.165) is 63.6 Å². The Balaban J connectivity index is 1.43. The summed E-state index contributed by atoms with van der Waals surface area (Å²) in [7, 11) is 0. The summed E-state index contributed by atoms with van der Waals surface area (Å²) >= 11 is 0. The van der Waals surface area contributed by atoms with E-state index in [1.165, 1.54) is 12.7 Å². The van der Waals surface area contributed by atoms with E-state index in [4.69, 9.17) is 0 Å². The third-order valence-corrected chi connectivity index (χ3v) is 5.81. The molecule has 1 atom stereocenters. The average Bonchev–Trinajstić information content (AvgIpc) is 2.79. The summed E-state index contributed by atoms with van der Waals surface area (Å²) < 4.78 is 0. The number of pyridine rings is 1. The summed E-state index contributed by atoms with van der Waals surface area (Å²) in [5.41, 5.74) is 0.512. The van der Waals surface area contributed by atoms with Gasteiger partial charge in [0, 0.05) is 51.0 Å². The van der Waals surface area contributed by atoms with Crippen molar-refractivity contribution in [2.24, 2.45) is 0 Å². The zero-order chi connectivity index (χ0) is 19.3. The van der Waals surface area contributed by atoms with E-state index >= 15 is 0 Å². The van der Waals surface area contributed by atoms with Crippen LogP contribution in [0.2, 0.25) is 0 Å². The highest BCUT2D eigenvalue weighted by molar-refractivity contribution is 5.93. The van der Waals surface area contributed by atoms with Crippen molar-refractivity contribution in [2.45, 2.75) is 38.6 Å². The predicted octanol–water partition coefficient (Wildman–Crippen LogP) is 2.60. The van der Waals surface area contributed by atoms with Crippen LogP contribution in [-0.4, -0.2) is 64.5 Å². The predicted molar refractivity (Wildman–Crippen MR) is 110 cm³/mol. The topological polar surface area (TPSA) is 65.5 Å². The quantitative estimate of drug-likeness (QED) is 0.812. The lowest BCUT2D eigenvalue weighted by atomic mass is 9.99. The number of likely N-dealkylation sites (tertiary alicyclic amines) is 1. The smallest absolute Gasteiger partial charge is 0.272 e. The highest BCUT2D eigenvalue weighted by Gasteiger charge is 2.28. The Hall–Kier alpha value is -2.70. The molecule has 2 aliphatic rings. The molecule has 0 N–H and O–H groups in total. The van der Waals surface area contributed by atoms with Gasteiger partial charge < -0.3 is 14.7 Å². The largest absolute Gasteiger partial charge is 0.353 e. The molecule has 2 aromatic heterocycles. The third kappa shape index (κ3) is 3.93. The van der Waals surface area contributed by atoms with Crippen molar-refractivity contribution in [3.63, 3.8) is 0 Å². The first-order valence-corrected chi connectivity index (χ1v) is 10.3. The summed E-state index contributed by atoms with van der Waals surface area (Å²) in [5, 5.41) is 0. The van der Waals surface area contributed by atoms with Crippen LogP contribution in [0.25, 0.3) is 0 Å². The Morgan fingerprint density at radius 2 is 1.79 bits per heavy atom. The molecule has 0 aromatic carbocycles. The Kier molecular flexibility index (Phi) is 5.69. The highest BCUT2D eigenvalue weighted by Crippen LogP contribution is 2.23. The Bertz CT molecular complexity index is 790. The van der Waals surface area contributed by atoms with Crippen molar-refractivity contribution >= 4 is 17.5 Å². The number of piperidine rings is 1. The van der Waals surface area contributed by atoms with Crippen molar-refractivity contribution in [3.8, 4) is 0 Å². The molecule has 28 heavy (non-hydrogen) atoms. The van der Waals surface area contributed by atoms with Gasteiger partial charge in [-0.3, -0.25) is 4.79 Å². The minimum Gasteiger partial charge on any atom is -0.353 e. The molecule has 2 aromatic rings. The number of rotatable bonds is 4. The van der Waals surface area contributed by atoms with Gasteiger partial charge in [-0.2, -0.15) is 0 Å². The Morgan fingerprint density at radius 3 is 2.50 bits per heavy atom. The number of aromatic nitrogens is 3. The third-order valence-electron chi connectivity index (χ3n) is 5.81. The van der Waals surface area contributed by atoms with Crippen molar-refractivity contribution in [2.75, 3.05) is 42.5 Å². The molecule has 2 aliphatic heterocycles. The van der Waals surface area contributed by atoms with Gasteiger partial charge in [0.15, 0.2) is 0 Å². The number of piperazine rings is 1. The van der Waals surface area contributed by atoms with Gasteiger partial charge in [-0.25, -0.2) is 15.0 Å². The summed E-state index contributed by atoms with van der Waals surface area (Å²) in [4.78, 5) is 32.7. The molecule has 148 valence electrons. The van der Waals surface area contributed by atoms with Gasteiger partial charge >= 0.3 is 0 Å². The van der Waals surface area contributed by atoms with Crippen molar-refractivity contribution in [1.29, 1.82) is 0 Å².